The van der Waals surface area contributed by atoms with Gasteiger partial charge in [0.2, 0.25) is 5.95 Å². The van der Waals surface area contributed by atoms with Gasteiger partial charge >= 0.3 is 0 Å². The molecule has 3 aromatic rings. The summed E-state index contributed by atoms with van der Waals surface area (Å²) in [5.41, 5.74) is 2.43. The molecular weight excluding hydrogens is 270 g/mol. The highest BCUT2D eigenvalue weighted by Crippen LogP contribution is 2.12. The van der Waals surface area contributed by atoms with E-state index in [4.69, 9.17) is 4.74 Å². The minimum Gasteiger partial charge on any atom is -0.380 e. The van der Waals surface area contributed by atoms with E-state index in [9.17, 15) is 4.79 Å². The quantitative estimate of drug-likeness (QED) is 0.658. The number of ether oxygens (including phenoxy) is 1. The van der Waals surface area contributed by atoms with Crippen molar-refractivity contribution in [2.24, 2.45) is 0 Å². The maximum atomic E-state index is 11.8. The lowest BCUT2D eigenvalue weighted by molar-refractivity contribution is 0.184. The molecule has 0 radical (unpaired) electrons. The number of rotatable bonds is 5. The molecule has 0 bridgehead atoms. The zero-order valence-electron chi connectivity index (χ0n) is 11.5. The number of aromatic nitrogens is 4. The third kappa shape index (κ3) is 2.77. The molecule has 1 aromatic carbocycles. The molecular formula is C14H15N5O2. The second-order valence-electron chi connectivity index (χ2n) is 4.60. The van der Waals surface area contributed by atoms with E-state index < -0.39 is 0 Å². The molecule has 3 N–H and O–H groups in total. The summed E-state index contributed by atoms with van der Waals surface area (Å²) >= 11 is 0. The van der Waals surface area contributed by atoms with Crippen LogP contribution in [0.4, 0.5) is 5.95 Å². The zero-order valence-corrected chi connectivity index (χ0v) is 11.5. The standard InChI is InChI=1S/C14H15N5O2/c1-21-8-10-5-3-2-4-9(10)6-15-14-17-12-11(7-16-19-12)13(20)18-14/h2-5,7H,6,8H2,1H3,(H3,15,16,17,18,19,20). The number of fused-ring (bicyclic) bond motifs is 1. The second-order valence-corrected chi connectivity index (χ2v) is 4.60. The van der Waals surface area contributed by atoms with E-state index in [2.05, 4.69) is 25.5 Å². The van der Waals surface area contributed by atoms with E-state index in [0.29, 0.717) is 30.1 Å². The van der Waals surface area contributed by atoms with Gasteiger partial charge in [-0.1, -0.05) is 24.3 Å². The number of nitrogens with one attached hydrogen (secondary N) is 3. The normalized spacial score (nSPS) is 10.9. The summed E-state index contributed by atoms with van der Waals surface area (Å²) < 4.78 is 5.17. The van der Waals surface area contributed by atoms with Crippen LogP contribution in [0.3, 0.4) is 0 Å². The van der Waals surface area contributed by atoms with Gasteiger partial charge in [-0.25, -0.2) is 0 Å². The van der Waals surface area contributed by atoms with Crippen molar-refractivity contribution in [1.29, 1.82) is 0 Å². The van der Waals surface area contributed by atoms with Crippen molar-refractivity contribution < 1.29 is 4.74 Å². The average Bonchev–Trinajstić information content (AvgIpc) is 2.96. The summed E-state index contributed by atoms with van der Waals surface area (Å²) in [7, 11) is 1.66. The Kier molecular flexibility index (Phi) is 3.65. The fraction of sp³-hybridized carbons (Fsp3) is 0.214. The number of methoxy groups -OCH3 is 1. The van der Waals surface area contributed by atoms with E-state index in [0.717, 1.165) is 11.1 Å². The molecule has 7 heteroatoms. The summed E-state index contributed by atoms with van der Waals surface area (Å²) in [4.78, 5) is 18.8. The van der Waals surface area contributed by atoms with Crippen LogP contribution < -0.4 is 10.9 Å². The molecule has 0 atom stereocenters. The topological polar surface area (TPSA) is 95.7 Å². The van der Waals surface area contributed by atoms with Crippen molar-refractivity contribution in [2.45, 2.75) is 13.2 Å². The lowest BCUT2D eigenvalue weighted by atomic mass is 10.1. The van der Waals surface area contributed by atoms with Gasteiger partial charge in [-0.2, -0.15) is 10.1 Å². The summed E-state index contributed by atoms with van der Waals surface area (Å²) in [5, 5.41) is 10.1. The first-order valence-corrected chi connectivity index (χ1v) is 6.51. The Morgan fingerprint density at radius 1 is 1.29 bits per heavy atom. The van der Waals surface area contributed by atoms with E-state index in [1.54, 1.807) is 7.11 Å². The highest BCUT2D eigenvalue weighted by Gasteiger charge is 2.06. The molecule has 0 unspecified atom stereocenters. The van der Waals surface area contributed by atoms with E-state index in [1.807, 2.05) is 24.3 Å². The molecule has 2 heterocycles. The smallest absolute Gasteiger partial charge is 0.263 e. The van der Waals surface area contributed by atoms with Crippen LogP contribution in [0.5, 0.6) is 0 Å². The van der Waals surface area contributed by atoms with Crippen molar-refractivity contribution in [1.82, 2.24) is 20.2 Å². The van der Waals surface area contributed by atoms with Gasteiger partial charge in [-0.15, -0.1) is 0 Å². The molecule has 0 saturated heterocycles. The minimum atomic E-state index is -0.221. The highest BCUT2D eigenvalue weighted by molar-refractivity contribution is 5.73. The van der Waals surface area contributed by atoms with Crippen molar-refractivity contribution >= 4 is 17.0 Å². The van der Waals surface area contributed by atoms with Gasteiger partial charge in [0.1, 0.15) is 5.39 Å². The molecule has 2 aromatic heterocycles. The number of benzene rings is 1. The molecule has 0 aliphatic heterocycles. The average molecular weight is 285 g/mol. The van der Waals surface area contributed by atoms with Crippen LogP contribution in [0.1, 0.15) is 11.1 Å². The molecule has 0 amide bonds. The Bertz CT molecular complexity index is 808. The third-order valence-corrected chi connectivity index (χ3v) is 3.18. The molecule has 21 heavy (non-hydrogen) atoms. The third-order valence-electron chi connectivity index (χ3n) is 3.18. The summed E-state index contributed by atoms with van der Waals surface area (Å²) in [6, 6.07) is 7.95. The molecule has 0 spiro atoms. The second kappa shape index (κ2) is 5.76. The van der Waals surface area contributed by atoms with Gasteiger partial charge in [-0.3, -0.25) is 14.9 Å². The molecule has 7 nitrogen and oxygen atoms in total. The predicted molar refractivity (Wildman–Crippen MR) is 79.0 cm³/mol. The van der Waals surface area contributed by atoms with Crippen LogP contribution in [-0.2, 0) is 17.9 Å². The molecule has 0 aliphatic rings. The Morgan fingerprint density at radius 3 is 2.90 bits per heavy atom. The van der Waals surface area contributed by atoms with Crippen molar-refractivity contribution in [3.05, 3.63) is 51.9 Å². The predicted octanol–water partition coefficient (Wildman–Crippen LogP) is 1.40. The fourth-order valence-electron chi connectivity index (χ4n) is 2.13. The van der Waals surface area contributed by atoms with E-state index >= 15 is 0 Å². The first kappa shape index (κ1) is 13.3. The van der Waals surface area contributed by atoms with Gasteiger partial charge in [0.05, 0.1) is 12.8 Å². The monoisotopic (exact) mass is 285 g/mol. The number of anilines is 1. The largest absolute Gasteiger partial charge is 0.380 e. The Labute approximate surface area is 120 Å². The lowest BCUT2D eigenvalue weighted by Crippen LogP contribution is -2.13. The lowest BCUT2D eigenvalue weighted by Gasteiger charge is -2.10. The summed E-state index contributed by atoms with van der Waals surface area (Å²) in [6.07, 6.45) is 1.46. The first-order chi connectivity index (χ1) is 10.3. The molecule has 108 valence electrons. The van der Waals surface area contributed by atoms with Gasteiger partial charge in [-0.05, 0) is 11.1 Å². The number of hydrogen-bond acceptors (Lipinski definition) is 5. The molecule has 3 rings (SSSR count). The summed E-state index contributed by atoms with van der Waals surface area (Å²) in [5.74, 6) is 0.406. The van der Waals surface area contributed by atoms with Gasteiger partial charge in [0, 0.05) is 13.7 Å². The van der Waals surface area contributed by atoms with Crippen molar-refractivity contribution in [3.8, 4) is 0 Å². The van der Waals surface area contributed by atoms with Crippen molar-refractivity contribution in [2.75, 3.05) is 12.4 Å². The van der Waals surface area contributed by atoms with Gasteiger partial charge < -0.3 is 10.1 Å². The SMILES string of the molecule is COCc1ccccc1CNc1nc2[nH]ncc2c(=O)[nH]1. The van der Waals surface area contributed by atoms with Crippen LogP contribution in [0.15, 0.2) is 35.3 Å². The Morgan fingerprint density at radius 2 is 2.10 bits per heavy atom. The van der Waals surface area contributed by atoms with Crippen molar-refractivity contribution in [3.63, 3.8) is 0 Å². The van der Waals surface area contributed by atoms with E-state index in [-0.39, 0.29) is 5.56 Å². The maximum Gasteiger partial charge on any atom is 0.263 e. The molecule has 0 aliphatic carbocycles. The number of hydrogen-bond donors (Lipinski definition) is 3. The number of H-pyrrole nitrogens is 2. The summed E-state index contributed by atoms with van der Waals surface area (Å²) in [6.45, 7) is 1.09. The van der Waals surface area contributed by atoms with Gasteiger partial charge in [0.25, 0.3) is 5.56 Å². The number of aromatic amines is 2. The van der Waals surface area contributed by atoms with Crippen LogP contribution >= 0.6 is 0 Å². The maximum absolute atomic E-state index is 11.8. The molecule has 0 saturated carbocycles. The van der Waals surface area contributed by atoms with Crippen LogP contribution in [-0.4, -0.2) is 27.3 Å². The van der Waals surface area contributed by atoms with Crippen LogP contribution in [0.25, 0.3) is 11.0 Å². The Hall–Kier alpha value is -2.67. The first-order valence-electron chi connectivity index (χ1n) is 6.51. The van der Waals surface area contributed by atoms with Gasteiger partial charge in [0.15, 0.2) is 5.65 Å². The van der Waals surface area contributed by atoms with Crippen LogP contribution in [0.2, 0.25) is 0 Å². The minimum absolute atomic E-state index is 0.221. The zero-order chi connectivity index (χ0) is 14.7. The van der Waals surface area contributed by atoms with Crippen LogP contribution in [0, 0.1) is 0 Å². The number of nitrogens with zero attached hydrogens (tertiary/aromatic N) is 2. The fourth-order valence-corrected chi connectivity index (χ4v) is 2.13. The Balaban J connectivity index is 1.82. The molecule has 0 fully saturated rings. The highest BCUT2D eigenvalue weighted by atomic mass is 16.5. The van der Waals surface area contributed by atoms with E-state index in [1.165, 1.54) is 6.20 Å².